The second kappa shape index (κ2) is 11.0. The number of carbonyl (C=O) groups is 2. The molecular formula is C30H26FN5O2. The average molecular weight is 508 g/mol. The van der Waals surface area contributed by atoms with Crippen molar-refractivity contribution in [3.05, 3.63) is 126 Å². The van der Waals surface area contributed by atoms with E-state index in [9.17, 15) is 9.59 Å². The van der Waals surface area contributed by atoms with Gasteiger partial charge < -0.3 is 5.32 Å². The minimum Gasteiger partial charge on any atom is -0.350 e. The number of para-hydroxylation sites is 1. The van der Waals surface area contributed by atoms with Crippen molar-refractivity contribution in [1.29, 1.82) is 0 Å². The Bertz CT molecular complexity index is 1570. The fourth-order valence-corrected chi connectivity index (χ4v) is 4.36. The minimum atomic E-state index is -1.26. The molecule has 4 aromatic carbocycles. The number of halogens is 1. The van der Waals surface area contributed by atoms with Crippen LogP contribution in [0.25, 0.3) is 11.0 Å². The molecule has 1 aromatic heterocycles. The van der Waals surface area contributed by atoms with E-state index >= 15 is 4.39 Å². The van der Waals surface area contributed by atoms with Crippen LogP contribution in [0.15, 0.2) is 103 Å². The molecule has 8 heteroatoms. The van der Waals surface area contributed by atoms with Crippen LogP contribution in [-0.4, -0.2) is 26.8 Å². The first-order valence-electron chi connectivity index (χ1n) is 12.2. The summed E-state index contributed by atoms with van der Waals surface area (Å²) < 4.78 is 16.7. The second-order valence-corrected chi connectivity index (χ2v) is 8.96. The van der Waals surface area contributed by atoms with E-state index in [4.69, 9.17) is 0 Å². The van der Waals surface area contributed by atoms with E-state index < -0.39 is 23.7 Å². The lowest BCUT2D eigenvalue weighted by atomic mass is 10.0. The highest BCUT2D eigenvalue weighted by Crippen LogP contribution is 2.30. The molecule has 38 heavy (non-hydrogen) atoms. The first kappa shape index (κ1) is 24.8. The number of anilines is 1. The topological polar surface area (TPSA) is 80.1 Å². The molecule has 0 spiro atoms. The van der Waals surface area contributed by atoms with Crippen LogP contribution in [0.5, 0.6) is 0 Å². The van der Waals surface area contributed by atoms with Gasteiger partial charge >= 0.3 is 0 Å². The predicted molar refractivity (Wildman–Crippen MR) is 144 cm³/mol. The summed E-state index contributed by atoms with van der Waals surface area (Å²) in [6, 6.07) is 28.7. The number of fused-ring (bicyclic) bond motifs is 1. The van der Waals surface area contributed by atoms with Crippen molar-refractivity contribution in [1.82, 2.24) is 20.3 Å². The summed E-state index contributed by atoms with van der Waals surface area (Å²) in [6.07, 6.45) is 0. The first-order valence-corrected chi connectivity index (χ1v) is 12.2. The van der Waals surface area contributed by atoms with Gasteiger partial charge in [0.15, 0.2) is 0 Å². The van der Waals surface area contributed by atoms with Gasteiger partial charge in [0.2, 0.25) is 11.8 Å². The fraction of sp³-hybridized carbons (Fsp3) is 0.133. The molecule has 0 saturated carbocycles. The standard InChI is InChI=1S/C30H26FN5O2/c1-21-15-17-23(18-16-21)36(28(37)20-35-27-14-8-7-13-26(27)33-34-35)29(24-11-5-6-12-25(24)31)30(38)32-19-22-9-3-2-4-10-22/h2-18,29H,19-20H2,1H3,(H,32,38)/t29-/m0/s1. The fourth-order valence-electron chi connectivity index (χ4n) is 4.36. The zero-order valence-electron chi connectivity index (χ0n) is 20.8. The number of hydrogen-bond acceptors (Lipinski definition) is 4. The van der Waals surface area contributed by atoms with Crippen LogP contribution < -0.4 is 10.2 Å². The molecule has 1 N–H and O–H groups in total. The number of aryl methyl sites for hydroxylation is 1. The third-order valence-electron chi connectivity index (χ3n) is 6.30. The van der Waals surface area contributed by atoms with Gasteiger partial charge in [0.1, 0.15) is 23.9 Å². The third-order valence-corrected chi connectivity index (χ3v) is 6.30. The zero-order valence-corrected chi connectivity index (χ0v) is 20.8. The van der Waals surface area contributed by atoms with Gasteiger partial charge in [0, 0.05) is 17.8 Å². The van der Waals surface area contributed by atoms with Crippen molar-refractivity contribution in [2.45, 2.75) is 26.1 Å². The summed E-state index contributed by atoms with van der Waals surface area (Å²) in [5.74, 6) is -1.52. The Labute approximate surface area is 219 Å². The second-order valence-electron chi connectivity index (χ2n) is 8.96. The summed E-state index contributed by atoms with van der Waals surface area (Å²) in [6.45, 7) is 1.97. The van der Waals surface area contributed by atoms with Gasteiger partial charge in [-0.25, -0.2) is 9.07 Å². The van der Waals surface area contributed by atoms with Crippen LogP contribution >= 0.6 is 0 Å². The van der Waals surface area contributed by atoms with Crippen molar-refractivity contribution in [2.75, 3.05) is 4.90 Å². The molecule has 1 heterocycles. The number of carbonyl (C=O) groups excluding carboxylic acids is 2. The van der Waals surface area contributed by atoms with Gasteiger partial charge in [0.05, 0.1) is 5.52 Å². The molecule has 0 aliphatic rings. The van der Waals surface area contributed by atoms with Crippen LogP contribution in [-0.2, 0) is 22.7 Å². The number of nitrogens with one attached hydrogen (secondary N) is 1. The quantitative estimate of drug-likeness (QED) is 0.322. The number of benzene rings is 4. The van der Waals surface area contributed by atoms with E-state index in [-0.39, 0.29) is 18.7 Å². The van der Waals surface area contributed by atoms with Crippen LogP contribution in [0.2, 0.25) is 0 Å². The van der Waals surface area contributed by atoms with Crippen molar-refractivity contribution >= 4 is 28.5 Å². The maximum Gasteiger partial charge on any atom is 0.249 e. The Kier molecular flexibility index (Phi) is 7.21. The molecule has 0 aliphatic carbocycles. The molecule has 190 valence electrons. The molecule has 0 bridgehead atoms. The Morgan fingerprint density at radius 1 is 0.895 bits per heavy atom. The summed E-state index contributed by atoms with van der Waals surface area (Å²) in [7, 11) is 0. The highest BCUT2D eigenvalue weighted by Gasteiger charge is 2.35. The van der Waals surface area contributed by atoms with Gasteiger partial charge in [-0.05, 0) is 42.8 Å². The SMILES string of the molecule is Cc1ccc(N(C(=O)Cn2nnc3ccccc32)[C@H](C(=O)NCc2ccccc2)c2ccccc2F)cc1. The number of amides is 2. The molecular weight excluding hydrogens is 481 g/mol. The van der Waals surface area contributed by atoms with Gasteiger partial charge in [-0.3, -0.25) is 14.5 Å². The normalized spacial score (nSPS) is 11.7. The maximum absolute atomic E-state index is 15.2. The van der Waals surface area contributed by atoms with Gasteiger partial charge in [-0.2, -0.15) is 0 Å². The molecule has 5 rings (SSSR count). The summed E-state index contributed by atoms with van der Waals surface area (Å²) in [5, 5.41) is 11.2. The lowest BCUT2D eigenvalue weighted by molar-refractivity contribution is -0.127. The number of hydrogen-bond donors (Lipinski definition) is 1. The van der Waals surface area contributed by atoms with E-state index in [1.807, 2.05) is 67.6 Å². The Morgan fingerprint density at radius 3 is 2.34 bits per heavy atom. The first-order chi connectivity index (χ1) is 18.5. The van der Waals surface area contributed by atoms with Crippen LogP contribution in [0.3, 0.4) is 0 Å². The predicted octanol–water partition coefficient (Wildman–Crippen LogP) is 4.97. The van der Waals surface area contributed by atoms with Crippen molar-refractivity contribution in [3.8, 4) is 0 Å². The van der Waals surface area contributed by atoms with E-state index in [0.717, 1.165) is 11.1 Å². The van der Waals surface area contributed by atoms with Crippen molar-refractivity contribution in [3.63, 3.8) is 0 Å². The zero-order chi connectivity index (χ0) is 26.5. The Hall–Kier alpha value is -4.85. The molecule has 0 radical (unpaired) electrons. The van der Waals surface area contributed by atoms with E-state index in [1.165, 1.54) is 21.7 Å². The number of rotatable bonds is 8. The summed E-state index contributed by atoms with van der Waals surface area (Å²) >= 11 is 0. The molecule has 5 aromatic rings. The summed E-state index contributed by atoms with van der Waals surface area (Å²) in [4.78, 5) is 29.1. The maximum atomic E-state index is 15.2. The van der Waals surface area contributed by atoms with Gasteiger partial charge in [0.25, 0.3) is 0 Å². The molecule has 2 amide bonds. The van der Waals surface area contributed by atoms with Crippen molar-refractivity contribution in [2.24, 2.45) is 0 Å². The number of nitrogens with zero attached hydrogens (tertiary/aromatic N) is 4. The van der Waals surface area contributed by atoms with Gasteiger partial charge in [-0.15, -0.1) is 5.10 Å². The van der Waals surface area contributed by atoms with Gasteiger partial charge in [-0.1, -0.05) is 83.6 Å². The van der Waals surface area contributed by atoms with Crippen LogP contribution in [0.4, 0.5) is 10.1 Å². The average Bonchev–Trinajstić information content (AvgIpc) is 3.35. The van der Waals surface area contributed by atoms with Crippen LogP contribution in [0, 0.1) is 12.7 Å². The lowest BCUT2D eigenvalue weighted by Crippen LogP contribution is -2.45. The Morgan fingerprint density at radius 2 is 1.58 bits per heavy atom. The highest BCUT2D eigenvalue weighted by molar-refractivity contribution is 6.01. The number of aromatic nitrogens is 3. The van der Waals surface area contributed by atoms with E-state index in [2.05, 4.69) is 15.6 Å². The molecule has 0 unspecified atom stereocenters. The molecule has 7 nitrogen and oxygen atoms in total. The highest BCUT2D eigenvalue weighted by atomic mass is 19.1. The summed E-state index contributed by atoms with van der Waals surface area (Å²) in [5.41, 5.74) is 3.76. The lowest BCUT2D eigenvalue weighted by Gasteiger charge is -2.32. The molecule has 0 fully saturated rings. The monoisotopic (exact) mass is 507 g/mol. The molecule has 0 saturated heterocycles. The van der Waals surface area contributed by atoms with Crippen molar-refractivity contribution < 1.29 is 14.0 Å². The van der Waals surface area contributed by atoms with E-state index in [1.54, 1.807) is 30.3 Å². The third kappa shape index (κ3) is 5.29. The molecule has 1 atom stereocenters. The van der Waals surface area contributed by atoms with Crippen LogP contribution in [0.1, 0.15) is 22.7 Å². The molecule has 0 aliphatic heterocycles. The smallest absolute Gasteiger partial charge is 0.249 e. The largest absolute Gasteiger partial charge is 0.350 e. The minimum absolute atomic E-state index is 0.0930. The Balaban J connectivity index is 1.56. The van der Waals surface area contributed by atoms with E-state index in [0.29, 0.717) is 16.7 Å².